The van der Waals surface area contributed by atoms with E-state index in [4.69, 9.17) is 28.6 Å². The third-order valence-corrected chi connectivity index (χ3v) is 9.35. The van der Waals surface area contributed by atoms with Crippen molar-refractivity contribution in [3.05, 3.63) is 0 Å². The van der Waals surface area contributed by atoms with Gasteiger partial charge in [-0.25, -0.2) is 0 Å². The predicted molar refractivity (Wildman–Crippen MR) is 83.4 cm³/mol. The summed E-state index contributed by atoms with van der Waals surface area (Å²) in [5.74, 6) is 0. The molecule has 0 amide bonds. The van der Waals surface area contributed by atoms with Crippen LogP contribution in [0.1, 0.15) is 12.8 Å². The molecule has 2 atom stereocenters. The monoisotopic (exact) mass is 342 g/mol. The van der Waals surface area contributed by atoms with Gasteiger partial charge in [-0.15, -0.1) is 0 Å². The van der Waals surface area contributed by atoms with Gasteiger partial charge in [0.15, 0.2) is 0 Å². The molecule has 0 aliphatic carbocycles. The van der Waals surface area contributed by atoms with Gasteiger partial charge in [-0.3, -0.25) is 0 Å². The number of hydrogen-bond donors (Lipinski definition) is 4. The molecule has 0 rings (SSSR count). The minimum atomic E-state index is -2.71. The largest absolute Gasteiger partial charge is 0.415 e. The van der Waals surface area contributed by atoms with E-state index in [2.05, 4.69) is 0 Å². The highest BCUT2D eigenvalue weighted by Gasteiger charge is 2.41. The van der Waals surface area contributed by atoms with Crippen molar-refractivity contribution in [3.8, 4) is 0 Å². The van der Waals surface area contributed by atoms with Crippen molar-refractivity contribution >= 4 is 17.1 Å². The minimum Gasteiger partial charge on any atom is -0.415 e. The first-order chi connectivity index (χ1) is 9.78. The van der Waals surface area contributed by atoms with E-state index in [1.807, 2.05) is 0 Å². The first kappa shape index (κ1) is 21.2. The van der Waals surface area contributed by atoms with E-state index in [-0.39, 0.29) is 19.8 Å². The summed E-state index contributed by atoms with van der Waals surface area (Å²) in [5.41, 5.74) is 0. The molecule has 0 bridgehead atoms. The fraction of sp³-hybridized carbons (Fsp3) is 1.00. The highest BCUT2D eigenvalue weighted by atomic mass is 28.5. The van der Waals surface area contributed by atoms with Crippen LogP contribution in [0.3, 0.4) is 0 Å². The fourth-order valence-corrected chi connectivity index (χ4v) is 8.82. The highest BCUT2D eigenvalue weighted by Crippen LogP contribution is 2.25. The van der Waals surface area contributed by atoms with Crippen LogP contribution < -0.4 is 0 Å². The Balaban J connectivity index is 4.32. The lowest BCUT2D eigenvalue weighted by Gasteiger charge is -2.34. The molecule has 0 aromatic rings. The molecule has 0 aliphatic heterocycles. The molecule has 0 fully saturated rings. The molecule has 0 aromatic carbocycles. The van der Waals surface area contributed by atoms with Crippen LogP contribution in [0.2, 0.25) is 25.2 Å². The second-order valence-electron chi connectivity index (χ2n) is 5.51. The summed E-state index contributed by atoms with van der Waals surface area (Å²) in [7, 11) is -3.68. The van der Waals surface area contributed by atoms with Gasteiger partial charge in [0.05, 0.1) is 13.2 Å². The van der Waals surface area contributed by atoms with Crippen LogP contribution in [0.15, 0.2) is 0 Å². The van der Waals surface area contributed by atoms with Crippen molar-refractivity contribution in [2.75, 3.05) is 33.5 Å². The molecular weight excluding hydrogens is 312 g/mol. The Labute approximate surface area is 129 Å². The summed E-state index contributed by atoms with van der Waals surface area (Å²) in [5, 5.41) is 26.8. The van der Waals surface area contributed by atoms with Gasteiger partial charge in [0.1, 0.15) is 6.10 Å². The van der Waals surface area contributed by atoms with Crippen LogP contribution in [0.4, 0.5) is 0 Å². The summed E-state index contributed by atoms with van der Waals surface area (Å²) >= 11 is 0. The molecule has 0 heterocycles. The molecule has 0 saturated heterocycles. The molecule has 0 radical (unpaired) electrons. The second kappa shape index (κ2) is 10.8. The van der Waals surface area contributed by atoms with Crippen molar-refractivity contribution in [1.29, 1.82) is 0 Å². The average Bonchev–Trinajstić information content (AvgIpc) is 2.42. The van der Waals surface area contributed by atoms with Crippen molar-refractivity contribution < 1.29 is 33.4 Å². The number of hydrogen-bond acceptors (Lipinski definition) is 7. The maximum Gasteiger partial charge on any atom is 0.329 e. The Morgan fingerprint density at radius 2 is 1.71 bits per heavy atom. The zero-order valence-corrected chi connectivity index (χ0v) is 15.2. The van der Waals surface area contributed by atoms with Gasteiger partial charge in [-0.05, 0) is 38.0 Å². The summed E-state index contributed by atoms with van der Waals surface area (Å²) < 4.78 is 16.7. The Morgan fingerprint density at radius 1 is 1.10 bits per heavy atom. The van der Waals surface area contributed by atoms with Crippen LogP contribution >= 0.6 is 0 Å². The average molecular weight is 343 g/mol. The van der Waals surface area contributed by atoms with Gasteiger partial charge < -0.3 is 33.4 Å². The highest BCUT2D eigenvalue weighted by molar-refractivity contribution is 6.79. The maximum atomic E-state index is 10.0. The van der Waals surface area contributed by atoms with Gasteiger partial charge in [0, 0.05) is 20.3 Å². The van der Waals surface area contributed by atoms with Crippen molar-refractivity contribution in [2.45, 2.75) is 44.1 Å². The molecule has 128 valence electrons. The lowest BCUT2D eigenvalue weighted by molar-refractivity contribution is 0.00614. The van der Waals surface area contributed by atoms with Crippen LogP contribution in [0.25, 0.3) is 0 Å². The fourth-order valence-electron chi connectivity index (χ4n) is 1.99. The molecule has 2 unspecified atom stereocenters. The first-order valence-electron chi connectivity index (χ1n) is 7.24. The van der Waals surface area contributed by atoms with E-state index in [1.54, 1.807) is 20.2 Å². The van der Waals surface area contributed by atoms with E-state index < -0.39 is 23.2 Å². The van der Waals surface area contributed by atoms with Gasteiger partial charge in [0.2, 0.25) is 0 Å². The molecule has 0 saturated carbocycles. The quantitative estimate of drug-likeness (QED) is 0.274. The zero-order valence-electron chi connectivity index (χ0n) is 13.2. The van der Waals surface area contributed by atoms with Crippen LogP contribution in [-0.4, -0.2) is 76.9 Å². The van der Waals surface area contributed by atoms with Crippen molar-refractivity contribution in [3.63, 3.8) is 0 Å². The van der Waals surface area contributed by atoms with E-state index in [9.17, 15) is 4.80 Å². The SMILES string of the molecule is CO[Si](CCCO)(CCCOCC(O)CO)O[Si](C)(C)O. The number of aliphatic hydroxyl groups excluding tert-OH is 3. The molecule has 0 spiro atoms. The molecule has 0 aliphatic rings. The molecule has 21 heavy (non-hydrogen) atoms. The van der Waals surface area contributed by atoms with Crippen LogP contribution in [0.5, 0.6) is 0 Å². The van der Waals surface area contributed by atoms with Crippen molar-refractivity contribution in [2.24, 2.45) is 0 Å². The second-order valence-corrected chi connectivity index (χ2v) is 12.4. The van der Waals surface area contributed by atoms with E-state index in [0.29, 0.717) is 31.5 Å². The number of rotatable bonds is 13. The van der Waals surface area contributed by atoms with E-state index in [0.717, 1.165) is 0 Å². The van der Waals surface area contributed by atoms with Crippen LogP contribution in [-0.2, 0) is 13.3 Å². The van der Waals surface area contributed by atoms with Gasteiger partial charge >= 0.3 is 17.1 Å². The predicted octanol–water partition coefficient (Wildman–Crippen LogP) is -0.0720. The van der Waals surface area contributed by atoms with Crippen LogP contribution in [0, 0.1) is 0 Å². The Hall–Kier alpha value is 0.154. The lowest BCUT2D eigenvalue weighted by Crippen LogP contribution is -2.50. The Kier molecular flexibility index (Phi) is 10.9. The third kappa shape index (κ3) is 10.5. The summed E-state index contributed by atoms with van der Waals surface area (Å²) in [6.45, 7) is 3.65. The first-order valence-corrected chi connectivity index (χ1v) is 12.3. The number of aliphatic hydroxyl groups is 3. The molecule has 9 heteroatoms. The van der Waals surface area contributed by atoms with E-state index in [1.165, 1.54) is 0 Å². The standard InChI is InChI=1S/C12H30O7Si2/c1-17-21(8-4-6-13,19-20(2,3)16)9-5-7-18-11-12(15)10-14/h12-16H,4-11H2,1-3H3. The molecular formula is C12H30O7Si2. The number of ether oxygens (including phenoxy) is 1. The topological polar surface area (TPSA) is 109 Å². The maximum absolute atomic E-state index is 10.0. The van der Waals surface area contributed by atoms with E-state index >= 15 is 0 Å². The summed E-state index contributed by atoms with van der Waals surface area (Å²) in [6, 6.07) is 1.27. The summed E-state index contributed by atoms with van der Waals surface area (Å²) in [4.78, 5) is 10.0. The Bertz CT molecular complexity index is 262. The zero-order chi connectivity index (χ0) is 16.4. The molecule has 0 aromatic heterocycles. The normalized spacial score (nSPS) is 16.7. The summed E-state index contributed by atoms with van der Waals surface area (Å²) in [6.07, 6.45) is 0.395. The van der Waals surface area contributed by atoms with Crippen molar-refractivity contribution in [1.82, 2.24) is 0 Å². The van der Waals surface area contributed by atoms with Gasteiger partial charge in [-0.1, -0.05) is 0 Å². The Morgan fingerprint density at radius 3 is 2.19 bits per heavy atom. The lowest BCUT2D eigenvalue weighted by atomic mass is 10.4. The smallest absolute Gasteiger partial charge is 0.329 e. The molecule has 4 N–H and O–H groups in total. The van der Waals surface area contributed by atoms with Gasteiger partial charge in [-0.2, -0.15) is 0 Å². The van der Waals surface area contributed by atoms with Gasteiger partial charge in [0.25, 0.3) is 0 Å². The minimum absolute atomic E-state index is 0.0636. The molecule has 7 nitrogen and oxygen atoms in total. The third-order valence-electron chi connectivity index (χ3n) is 2.89.